The van der Waals surface area contributed by atoms with Crippen LogP contribution in [0.5, 0.6) is 0 Å². The van der Waals surface area contributed by atoms with Crippen LogP contribution in [0.3, 0.4) is 0 Å². The zero-order valence-electron chi connectivity index (χ0n) is 31.8. The highest BCUT2D eigenvalue weighted by Gasteiger charge is 2.34. The molecule has 0 spiro atoms. The highest BCUT2D eigenvalue weighted by Crippen LogP contribution is 2.41. The summed E-state index contributed by atoms with van der Waals surface area (Å²) in [6.45, 7) is 7.87. The van der Waals surface area contributed by atoms with Crippen LogP contribution < -0.4 is 16.0 Å². The Kier molecular flexibility index (Phi) is 13.3. The lowest BCUT2D eigenvalue weighted by Crippen LogP contribution is -2.39. The number of hydrogen-bond acceptors (Lipinski definition) is 10. The molecule has 0 aliphatic carbocycles. The lowest BCUT2D eigenvalue weighted by molar-refractivity contribution is -0.116. The van der Waals surface area contributed by atoms with Crippen LogP contribution in [0.15, 0.2) is 113 Å². The number of amides is 4. The molecule has 0 fully saturated rings. The molecule has 1 aliphatic heterocycles. The minimum atomic E-state index is -0.774. The van der Waals surface area contributed by atoms with E-state index in [9.17, 15) is 24.0 Å². The molecule has 3 aromatic carbocycles. The van der Waals surface area contributed by atoms with E-state index in [1.54, 1.807) is 87.2 Å². The first kappa shape index (κ1) is 40.9. The first-order valence-electron chi connectivity index (χ1n) is 18.2. The van der Waals surface area contributed by atoms with Crippen molar-refractivity contribution >= 4 is 81.0 Å². The number of anilines is 2. The first-order chi connectivity index (χ1) is 27.4. The Labute approximate surface area is 343 Å². The summed E-state index contributed by atoms with van der Waals surface area (Å²) in [5.41, 5.74) is 2.01. The van der Waals surface area contributed by atoms with E-state index in [1.807, 2.05) is 53.9 Å². The molecule has 0 radical (unpaired) electrons. The Morgan fingerprint density at radius 1 is 0.912 bits per heavy atom. The third-order valence-corrected chi connectivity index (χ3v) is 11.7. The number of rotatable bonds is 12. The van der Waals surface area contributed by atoms with Crippen LogP contribution in [-0.4, -0.2) is 53.4 Å². The number of thiophene rings is 2. The van der Waals surface area contributed by atoms with Gasteiger partial charge in [-0.3, -0.25) is 14.4 Å². The molecule has 14 heteroatoms. The van der Waals surface area contributed by atoms with E-state index in [4.69, 9.17) is 9.47 Å². The molecule has 5 aromatic rings. The van der Waals surface area contributed by atoms with Crippen molar-refractivity contribution in [2.75, 3.05) is 23.8 Å². The quantitative estimate of drug-likeness (QED) is 0.0643. The standard InChI is InChI=1S/C43H42N4O7S3/c1-5-53-41(51)35-32-21-22-47(42(52)54-43(2,3)4)26-34(32)57-40(35)46-39(50)36(27-14-8-6-9-15-27)56-31-19-12-18-29(24-31)44-38(49)33(25-30-20-13-23-55-30)45-37(48)28-16-10-7-11-17-28/h6-20,23-25,36H,5,21-22,26H2,1-4H3,(H,44,49)(H,45,48)(H,46,50)/b33-25-. The van der Waals surface area contributed by atoms with Gasteiger partial charge in [-0.15, -0.1) is 34.4 Å². The van der Waals surface area contributed by atoms with E-state index < -0.39 is 34.7 Å². The number of fused-ring (bicyclic) bond motifs is 1. The van der Waals surface area contributed by atoms with Gasteiger partial charge < -0.3 is 30.3 Å². The molecule has 3 heterocycles. The van der Waals surface area contributed by atoms with Gasteiger partial charge in [0.15, 0.2) is 0 Å². The molecule has 1 unspecified atom stereocenters. The van der Waals surface area contributed by atoms with Gasteiger partial charge in [0.2, 0.25) is 5.91 Å². The summed E-state index contributed by atoms with van der Waals surface area (Å²) in [6.07, 6.45) is 1.57. The fourth-order valence-corrected chi connectivity index (χ4v) is 8.91. The van der Waals surface area contributed by atoms with E-state index >= 15 is 0 Å². The second-order valence-corrected chi connectivity index (χ2v) is 17.1. The summed E-state index contributed by atoms with van der Waals surface area (Å²) < 4.78 is 11.0. The highest BCUT2D eigenvalue weighted by atomic mass is 32.2. The van der Waals surface area contributed by atoms with Crippen LogP contribution in [0.4, 0.5) is 15.5 Å². The average molecular weight is 823 g/mol. The van der Waals surface area contributed by atoms with Gasteiger partial charge >= 0.3 is 12.1 Å². The molecule has 3 N–H and O–H groups in total. The smallest absolute Gasteiger partial charge is 0.410 e. The van der Waals surface area contributed by atoms with Gasteiger partial charge in [-0.25, -0.2) is 9.59 Å². The van der Waals surface area contributed by atoms with Gasteiger partial charge in [-0.2, -0.15) is 0 Å². The number of thioether (sulfide) groups is 1. The fraction of sp³-hybridized carbons (Fsp3) is 0.233. The van der Waals surface area contributed by atoms with Crippen molar-refractivity contribution in [3.8, 4) is 0 Å². The highest BCUT2D eigenvalue weighted by molar-refractivity contribution is 8.00. The van der Waals surface area contributed by atoms with Gasteiger partial charge in [0.25, 0.3) is 11.8 Å². The molecule has 1 atom stereocenters. The molecule has 0 bridgehead atoms. The third-order valence-electron chi connectivity index (χ3n) is 8.47. The van der Waals surface area contributed by atoms with E-state index in [1.165, 1.54) is 34.4 Å². The summed E-state index contributed by atoms with van der Waals surface area (Å²) in [5.74, 6) is -1.87. The Balaban J connectivity index is 1.24. The van der Waals surface area contributed by atoms with E-state index in [-0.39, 0.29) is 24.8 Å². The van der Waals surface area contributed by atoms with Crippen molar-refractivity contribution < 1.29 is 33.4 Å². The number of carbonyl (C=O) groups is 5. The number of nitrogens with zero attached hydrogens (tertiary/aromatic N) is 1. The Hall–Kier alpha value is -5.70. The molecule has 57 heavy (non-hydrogen) atoms. The monoisotopic (exact) mass is 822 g/mol. The molecule has 1 aliphatic rings. The fourth-order valence-electron chi connectivity index (χ4n) is 5.91. The van der Waals surface area contributed by atoms with Gasteiger partial charge in [-0.1, -0.05) is 60.7 Å². The number of nitrogens with one attached hydrogen (secondary N) is 3. The van der Waals surface area contributed by atoms with Crippen LogP contribution in [0.1, 0.15) is 74.5 Å². The number of hydrogen-bond donors (Lipinski definition) is 3. The maximum Gasteiger partial charge on any atom is 0.410 e. The van der Waals surface area contributed by atoms with E-state index in [2.05, 4.69) is 16.0 Å². The van der Waals surface area contributed by atoms with Crippen molar-refractivity contribution in [2.24, 2.45) is 0 Å². The van der Waals surface area contributed by atoms with Gasteiger partial charge in [0.05, 0.1) is 18.7 Å². The van der Waals surface area contributed by atoms with Crippen molar-refractivity contribution in [1.82, 2.24) is 10.2 Å². The predicted octanol–water partition coefficient (Wildman–Crippen LogP) is 9.16. The van der Waals surface area contributed by atoms with Crippen LogP contribution in [0, 0.1) is 0 Å². The molecular weight excluding hydrogens is 781 g/mol. The number of carbonyl (C=O) groups excluding carboxylic acids is 5. The molecular formula is C43H42N4O7S3. The molecule has 294 valence electrons. The summed E-state index contributed by atoms with van der Waals surface area (Å²) >= 11 is 3.95. The largest absolute Gasteiger partial charge is 0.462 e. The maximum absolute atomic E-state index is 14.3. The Morgan fingerprint density at radius 3 is 2.33 bits per heavy atom. The zero-order chi connectivity index (χ0) is 40.5. The third kappa shape index (κ3) is 10.8. The minimum Gasteiger partial charge on any atom is -0.462 e. The predicted molar refractivity (Wildman–Crippen MR) is 226 cm³/mol. The van der Waals surface area contributed by atoms with E-state index in [0.29, 0.717) is 45.2 Å². The molecule has 0 saturated carbocycles. The second kappa shape index (κ2) is 18.5. The Morgan fingerprint density at radius 2 is 1.65 bits per heavy atom. The van der Waals surface area contributed by atoms with Gasteiger partial charge in [-0.05, 0) is 93.1 Å². The second-order valence-electron chi connectivity index (χ2n) is 13.9. The number of benzene rings is 3. The summed E-state index contributed by atoms with van der Waals surface area (Å²) in [5, 5.41) is 10.1. The van der Waals surface area contributed by atoms with Crippen LogP contribution >= 0.6 is 34.4 Å². The van der Waals surface area contributed by atoms with Crippen molar-refractivity contribution in [1.29, 1.82) is 0 Å². The molecule has 4 amide bonds. The summed E-state index contributed by atoms with van der Waals surface area (Å²) in [4.78, 5) is 71.2. The lowest BCUT2D eigenvalue weighted by atomic mass is 10.0. The Bertz CT molecular complexity index is 2270. The topological polar surface area (TPSA) is 143 Å². The normalized spacial score (nSPS) is 13.2. The van der Waals surface area contributed by atoms with Gasteiger partial charge in [0.1, 0.15) is 21.5 Å². The molecule has 6 rings (SSSR count). The zero-order valence-corrected chi connectivity index (χ0v) is 34.3. The molecule has 2 aromatic heterocycles. The SMILES string of the molecule is CCOC(=O)c1c(NC(=O)C(Sc2cccc(NC(=O)/C(=C/c3cccs3)NC(=O)c3ccccc3)c2)c2ccccc2)sc2c1CCN(C(=O)OC(C)(C)C)C2. The van der Waals surface area contributed by atoms with Crippen molar-refractivity contribution in [3.05, 3.63) is 140 Å². The number of esters is 1. The van der Waals surface area contributed by atoms with Crippen LogP contribution in [0.25, 0.3) is 6.08 Å². The average Bonchev–Trinajstić information content (AvgIpc) is 3.84. The summed E-state index contributed by atoms with van der Waals surface area (Å²) in [7, 11) is 0. The first-order valence-corrected chi connectivity index (χ1v) is 20.8. The molecule has 0 saturated heterocycles. The molecule has 11 nitrogen and oxygen atoms in total. The lowest BCUT2D eigenvalue weighted by Gasteiger charge is -2.30. The van der Waals surface area contributed by atoms with Crippen molar-refractivity contribution in [2.45, 2.75) is 56.4 Å². The minimum absolute atomic E-state index is 0.0659. The summed E-state index contributed by atoms with van der Waals surface area (Å²) in [6, 6.07) is 28.7. The van der Waals surface area contributed by atoms with Crippen molar-refractivity contribution in [3.63, 3.8) is 0 Å². The van der Waals surface area contributed by atoms with E-state index in [0.717, 1.165) is 15.3 Å². The maximum atomic E-state index is 14.3. The number of ether oxygens (including phenoxy) is 2. The van der Waals surface area contributed by atoms with Crippen LogP contribution in [-0.2, 0) is 32.0 Å². The van der Waals surface area contributed by atoms with Gasteiger partial charge in [0, 0.05) is 32.4 Å². The van der Waals surface area contributed by atoms with Crippen LogP contribution in [0.2, 0.25) is 0 Å².